The third-order valence-corrected chi connectivity index (χ3v) is 5.30. The lowest BCUT2D eigenvalue weighted by Crippen LogP contribution is -2.36. The summed E-state index contributed by atoms with van der Waals surface area (Å²) in [7, 11) is 0. The molecule has 3 heterocycles. The normalized spacial score (nSPS) is 16.7. The molecule has 0 bridgehead atoms. The summed E-state index contributed by atoms with van der Waals surface area (Å²) in [5, 5.41) is 4.05. The number of carbonyl (C=O) groups is 2. The van der Waals surface area contributed by atoms with Crippen molar-refractivity contribution in [2.75, 3.05) is 19.6 Å². The van der Waals surface area contributed by atoms with E-state index in [1.54, 1.807) is 23.1 Å². The number of nitrogens with zero attached hydrogens (tertiary/aromatic N) is 3. The Kier molecular flexibility index (Phi) is 4.92. The summed E-state index contributed by atoms with van der Waals surface area (Å²) < 4.78 is 19.5. The van der Waals surface area contributed by atoms with Gasteiger partial charge in [-0.1, -0.05) is 17.3 Å². The molecule has 0 atom stereocenters. The van der Waals surface area contributed by atoms with E-state index in [2.05, 4.69) is 5.16 Å². The fraction of sp³-hybridized carbons (Fsp3) is 0.450. The van der Waals surface area contributed by atoms with E-state index < -0.39 is 0 Å². The van der Waals surface area contributed by atoms with Crippen LogP contribution in [-0.2, 0) is 22.6 Å². The number of fused-ring (bicyclic) bond motifs is 1. The summed E-state index contributed by atoms with van der Waals surface area (Å²) in [6.45, 7) is 2.38. The van der Waals surface area contributed by atoms with Gasteiger partial charge in [-0.25, -0.2) is 4.39 Å². The van der Waals surface area contributed by atoms with Crippen LogP contribution in [0.15, 0.2) is 28.8 Å². The van der Waals surface area contributed by atoms with Crippen LogP contribution >= 0.6 is 0 Å². The van der Waals surface area contributed by atoms with Crippen LogP contribution in [0.3, 0.4) is 0 Å². The van der Waals surface area contributed by atoms with Crippen LogP contribution in [0.4, 0.5) is 4.39 Å². The fourth-order valence-corrected chi connectivity index (χ4v) is 3.81. The van der Waals surface area contributed by atoms with Crippen molar-refractivity contribution in [3.63, 3.8) is 0 Å². The largest absolute Gasteiger partial charge is 0.360 e. The highest BCUT2D eigenvalue weighted by Gasteiger charge is 2.28. The Balaban J connectivity index is 1.40. The van der Waals surface area contributed by atoms with E-state index in [1.807, 2.05) is 4.90 Å². The number of aromatic nitrogens is 1. The van der Waals surface area contributed by atoms with Gasteiger partial charge in [0.05, 0.1) is 6.54 Å². The highest BCUT2D eigenvalue weighted by atomic mass is 19.1. The quantitative estimate of drug-likeness (QED) is 0.811. The second-order valence-electron chi connectivity index (χ2n) is 7.07. The van der Waals surface area contributed by atoms with E-state index in [0.29, 0.717) is 56.6 Å². The third-order valence-electron chi connectivity index (χ3n) is 5.30. The summed E-state index contributed by atoms with van der Waals surface area (Å²) in [6, 6.07) is 6.44. The maximum atomic E-state index is 14.1. The molecule has 7 heteroatoms. The van der Waals surface area contributed by atoms with Gasteiger partial charge < -0.3 is 14.3 Å². The summed E-state index contributed by atoms with van der Waals surface area (Å²) in [4.78, 5) is 27.8. The first-order chi connectivity index (χ1) is 13.1. The van der Waals surface area contributed by atoms with Crippen LogP contribution in [0.25, 0.3) is 11.3 Å². The summed E-state index contributed by atoms with van der Waals surface area (Å²) in [6.07, 6.45) is 3.17. The van der Waals surface area contributed by atoms with E-state index in [-0.39, 0.29) is 17.6 Å². The van der Waals surface area contributed by atoms with Crippen molar-refractivity contribution < 1.29 is 18.5 Å². The monoisotopic (exact) mass is 371 g/mol. The Morgan fingerprint density at radius 2 is 2.07 bits per heavy atom. The van der Waals surface area contributed by atoms with Gasteiger partial charge in [-0.3, -0.25) is 9.59 Å². The van der Waals surface area contributed by atoms with E-state index in [0.717, 1.165) is 24.3 Å². The third kappa shape index (κ3) is 3.59. The number of carbonyl (C=O) groups excluding carboxylic acids is 2. The molecule has 0 unspecified atom stereocenters. The van der Waals surface area contributed by atoms with Gasteiger partial charge in [-0.05, 0) is 25.0 Å². The van der Waals surface area contributed by atoms with Crippen molar-refractivity contribution >= 4 is 11.8 Å². The molecule has 0 spiro atoms. The van der Waals surface area contributed by atoms with Crippen molar-refractivity contribution in [3.8, 4) is 11.3 Å². The highest BCUT2D eigenvalue weighted by molar-refractivity contribution is 5.79. The Bertz CT molecular complexity index is 864. The zero-order chi connectivity index (χ0) is 18.8. The molecule has 0 saturated carbocycles. The van der Waals surface area contributed by atoms with E-state index in [9.17, 15) is 14.0 Å². The minimum atomic E-state index is -0.354. The van der Waals surface area contributed by atoms with Crippen LogP contribution in [0.1, 0.15) is 37.0 Å². The Hall–Kier alpha value is -2.70. The number of hydrogen-bond donors (Lipinski definition) is 0. The van der Waals surface area contributed by atoms with Gasteiger partial charge >= 0.3 is 0 Å². The molecule has 4 rings (SSSR count). The Labute approximate surface area is 156 Å². The molecule has 2 amide bonds. The number of halogens is 1. The first-order valence-electron chi connectivity index (χ1n) is 9.41. The van der Waals surface area contributed by atoms with Gasteiger partial charge in [-0.15, -0.1) is 0 Å². The maximum Gasteiger partial charge on any atom is 0.222 e. The summed E-state index contributed by atoms with van der Waals surface area (Å²) in [5.74, 6) is 0.601. The van der Waals surface area contributed by atoms with E-state index in [4.69, 9.17) is 4.52 Å². The smallest absolute Gasteiger partial charge is 0.222 e. The van der Waals surface area contributed by atoms with Gasteiger partial charge in [-0.2, -0.15) is 0 Å². The van der Waals surface area contributed by atoms with Crippen LogP contribution in [0.2, 0.25) is 0 Å². The average Bonchev–Trinajstić information content (AvgIpc) is 3.28. The van der Waals surface area contributed by atoms with Crippen molar-refractivity contribution in [2.24, 2.45) is 0 Å². The minimum Gasteiger partial charge on any atom is -0.360 e. The molecule has 1 fully saturated rings. The molecule has 1 saturated heterocycles. The lowest BCUT2D eigenvalue weighted by Gasteiger charge is -2.26. The maximum absolute atomic E-state index is 14.1. The van der Waals surface area contributed by atoms with Crippen LogP contribution < -0.4 is 0 Å². The molecule has 1 aromatic carbocycles. The van der Waals surface area contributed by atoms with Gasteiger partial charge in [0.15, 0.2) is 0 Å². The molecule has 1 aromatic heterocycles. The molecule has 2 aromatic rings. The molecule has 2 aliphatic rings. The fourth-order valence-electron chi connectivity index (χ4n) is 3.81. The lowest BCUT2D eigenvalue weighted by atomic mass is 10.0. The van der Waals surface area contributed by atoms with Gasteiger partial charge in [0.2, 0.25) is 11.8 Å². The second kappa shape index (κ2) is 7.50. The number of rotatable bonds is 5. The van der Waals surface area contributed by atoms with Crippen molar-refractivity contribution in [1.82, 2.24) is 15.0 Å². The van der Waals surface area contributed by atoms with Gasteiger partial charge in [0.25, 0.3) is 0 Å². The Morgan fingerprint density at radius 3 is 2.85 bits per heavy atom. The SMILES string of the molecule is O=C1CCCN1CCCC(=O)N1CCc2onc(-c3ccccc3F)c2C1. The molecule has 27 heavy (non-hydrogen) atoms. The molecule has 0 N–H and O–H groups in total. The average molecular weight is 371 g/mol. The predicted molar refractivity (Wildman–Crippen MR) is 96.1 cm³/mol. The first-order valence-corrected chi connectivity index (χ1v) is 9.41. The topological polar surface area (TPSA) is 66.7 Å². The van der Waals surface area contributed by atoms with Crippen LogP contribution in [0, 0.1) is 5.82 Å². The first kappa shape index (κ1) is 17.7. The molecular weight excluding hydrogens is 349 g/mol. The standard InChI is InChI=1S/C20H22FN3O3/c21-16-6-2-1-5-14(16)20-15-13-24(12-9-17(15)27-22-20)19(26)8-4-11-23-10-3-7-18(23)25/h1-2,5-6H,3-4,7-13H2. The predicted octanol–water partition coefficient (Wildman–Crippen LogP) is 2.77. The minimum absolute atomic E-state index is 0.0491. The lowest BCUT2D eigenvalue weighted by molar-refractivity contribution is -0.133. The molecular formula is C20H22FN3O3. The molecule has 6 nitrogen and oxygen atoms in total. The van der Waals surface area contributed by atoms with E-state index in [1.165, 1.54) is 6.07 Å². The molecule has 0 aliphatic carbocycles. The summed E-state index contributed by atoms with van der Waals surface area (Å²) in [5.41, 5.74) is 1.65. The highest BCUT2D eigenvalue weighted by Crippen LogP contribution is 2.31. The summed E-state index contributed by atoms with van der Waals surface area (Å²) >= 11 is 0. The number of amides is 2. The second-order valence-corrected chi connectivity index (χ2v) is 7.07. The van der Waals surface area contributed by atoms with Gasteiger partial charge in [0.1, 0.15) is 17.3 Å². The zero-order valence-corrected chi connectivity index (χ0v) is 15.1. The number of benzene rings is 1. The van der Waals surface area contributed by atoms with Crippen LogP contribution in [-0.4, -0.2) is 46.4 Å². The number of hydrogen-bond acceptors (Lipinski definition) is 4. The molecule has 0 radical (unpaired) electrons. The van der Waals surface area contributed by atoms with Crippen LogP contribution in [0.5, 0.6) is 0 Å². The Morgan fingerprint density at radius 1 is 1.22 bits per heavy atom. The molecule has 142 valence electrons. The van der Waals surface area contributed by atoms with Crippen molar-refractivity contribution in [1.29, 1.82) is 0 Å². The van der Waals surface area contributed by atoms with Crippen molar-refractivity contribution in [2.45, 2.75) is 38.6 Å². The van der Waals surface area contributed by atoms with Crippen molar-refractivity contribution in [3.05, 3.63) is 41.4 Å². The zero-order valence-electron chi connectivity index (χ0n) is 15.1. The molecule has 2 aliphatic heterocycles. The van der Waals surface area contributed by atoms with E-state index >= 15 is 0 Å². The van der Waals surface area contributed by atoms with Gasteiger partial charge in [0, 0.05) is 50.0 Å². The number of likely N-dealkylation sites (tertiary alicyclic amines) is 1.